The molecule has 3 atom stereocenters. The summed E-state index contributed by atoms with van der Waals surface area (Å²) in [5.74, 6) is -0.213. The number of carbonyl (C=O) groups excluding carboxylic acids is 2. The van der Waals surface area contributed by atoms with E-state index in [1.165, 1.54) is 13.3 Å². The number of hydrogen-bond donors (Lipinski definition) is 2. The maximum atomic E-state index is 14.2. The quantitative estimate of drug-likeness (QED) is 0.409. The van der Waals surface area contributed by atoms with Crippen LogP contribution in [0.2, 0.25) is 0 Å². The molecule has 2 heterocycles. The molecule has 5 rings (SSSR count). The summed E-state index contributed by atoms with van der Waals surface area (Å²) in [6.07, 6.45) is 5.29. The van der Waals surface area contributed by atoms with Crippen molar-refractivity contribution in [1.29, 1.82) is 0 Å². The summed E-state index contributed by atoms with van der Waals surface area (Å²) < 4.78 is 38.7. The number of piperidine rings is 1. The summed E-state index contributed by atoms with van der Waals surface area (Å²) in [5.41, 5.74) is 1.48. The highest BCUT2D eigenvalue weighted by Gasteiger charge is 2.41. The van der Waals surface area contributed by atoms with Crippen molar-refractivity contribution < 1.29 is 27.8 Å². The lowest BCUT2D eigenvalue weighted by molar-refractivity contribution is 0.0932. The van der Waals surface area contributed by atoms with Crippen molar-refractivity contribution in [2.45, 2.75) is 51.2 Å². The van der Waals surface area contributed by atoms with Crippen molar-refractivity contribution in [3.05, 3.63) is 82.5 Å². The number of amides is 2. The van der Waals surface area contributed by atoms with E-state index in [1.54, 1.807) is 19.2 Å². The third-order valence-electron chi connectivity index (χ3n) is 8.20. The molecule has 1 aliphatic carbocycles. The SMILES string of the molecule is COc1cc(F)c(CNC(=O)c2ccc(N3CCCC4CC(NC(=O)c5cccc(OC)c5C)CC43)nc2)c(F)c1. The number of halogens is 2. The molecule has 2 aromatic carbocycles. The molecule has 2 fully saturated rings. The van der Waals surface area contributed by atoms with Crippen molar-refractivity contribution in [2.75, 3.05) is 25.7 Å². The predicted octanol–water partition coefficient (Wildman–Crippen LogP) is 4.79. The van der Waals surface area contributed by atoms with Crippen LogP contribution >= 0.6 is 0 Å². The lowest BCUT2D eigenvalue weighted by Crippen LogP contribution is -2.43. The fourth-order valence-electron chi connectivity index (χ4n) is 6.06. The van der Waals surface area contributed by atoms with Crippen LogP contribution in [0.25, 0.3) is 0 Å². The Morgan fingerprint density at radius 1 is 1.05 bits per heavy atom. The number of aromatic nitrogens is 1. The summed E-state index contributed by atoms with van der Waals surface area (Å²) >= 11 is 0. The molecule has 10 heteroatoms. The maximum absolute atomic E-state index is 14.2. The first-order valence-electron chi connectivity index (χ1n) is 13.8. The smallest absolute Gasteiger partial charge is 0.253 e. The van der Waals surface area contributed by atoms with Crippen molar-refractivity contribution in [3.63, 3.8) is 0 Å². The van der Waals surface area contributed by atoms with E-state index in [9.17, 15) is 18.4 Å². The van der Waals surface area contributed by atoms with Gasteiger partial charge in [0.1, 0.15) is 29.0 Å². The minimum Gasteiger partial charge on any atom is -0.497 e. The topological polar surface area (TPSA) is 92.8 Å². The van der Waals surface area contributed by atoms with Gasteiger partial charge in [0.15, 0.2) is 0 Å². The second kappa shape index (κ2) is 12.1. The monoisotopic (exact) mass is 564 g/mol. The number of benzene rings is 2. The standard InChI is InChI=1S/C31H34F2N4O4/c1-18-23(7-4-8-28(18)41-3)31(39)36-21-12-19-6-5-11-37(27(19)13-21)29-10-9-20(16-34-29)30(38)35-17-24-25(32)14-22(40-2)15-26(24)33/h4,7-10,14-16,19,21,27H,5-6,11-13,17H2,1-3H3,(H,35,38)(H,36,39). The molecule has 2 N–H and O–H groups in total. The Balaban J connectivity index is 1.21. The highest BCUT2D eigenvalue weighted by molar-refractivity contribution is 5.96. The van der Waals surface area contributed by atoms with Crippen molar-refractivity contribution in [1.82, 2.24) is 15.6 Å². The van der Waals surface area contributed by atoms with E-state index in [4.69, 9.17) is 9.47 Å². The van der Waals surface area contributed by atoms with Crippen LogP contribution in [0.1, 0.15) is 57.5 Å². The first kappa shape index (κ1) is 28.3. The Labute approximate surface area is 238 Å². The third kappa shape index (κ3) is 5.96. The van der Waals surface area contributed by atoms with Gasteiger partial charge in [0.25, 0.3) is 11.8 Å². The van der Waals surface area contributed by atoms with E-state index < -0.39 is 17.5 Å². The zero-order chi connectivity index (χ0) is 29.1. The van der Waals surface area contributed by atoms with Gasteiger partial charge in [0, 0.05) is 60.2 Å². The van der Waals surface area contributed by atoms with Gasteiger partial charge in [-0.1, -0.05) is 6.07 Å². The predicted molar refractivity (Wildman–Crippen MR) is 150 cm³/mol. The average molecular weight is 565 g/mol. The van der Waals surface area contributed by atoms with Crippen molar-refractivity contribution >= 4 is 17.6 Å². The van der Waals surface area contributed by atoms with Crippen LogP contribution in [0.4, 0.5) is 14.6 Å². The minimum absolute atomic E-state index is 0.0486. The van der Waals surface area contributed by atoms with E-state index in [-0.39, 0.29) is 35.8 Å². The van der Waals surface area contributed by atoms with E-state index in [0.717, 1.165) is 55.7 Å². The van der Waals surface area contributed by atoms with Gasteiger partial charge in [-0.25, -0.2) is 13.8 Å². The second-order valence-corrected chi connectivity index (χ2v) is 10.6. The Bertz CT molecular complexity index is 1410. The molecule has 2 amide bonds. The summed E-state index contributed by atoms with van der Waals surface area (Å²) in [6.45, 7) is 2.42. The maximum Gasteiger partial charge on any atom is 0.253 e. The molecule has 0 spiro atoms. The Morgan fingerprint density at radius 2 is 1.83 bits per heavy atom. The van der Waals surface area contributed by atoms with Gasteiger partial charge >= 0.3 is 0 Å². The Hall–Kier alpha value is -4.21. The first-order chi connectivity index (χ1) is 19.8. The van der Waals surface area contributed by atoms with Gasteiger partial charge in [-0.3, -0.25) is 9.59 Å². The summed E-state index contributed by atoms with van der Waals surface area (Å²) in [7, 11) is 2.92. The van der Waals surface area contributed by atoms with Crippen LogP contribution in [-0.4, -0.2) is 49.6 Å². The van der Waals surface area contributed by atoms with Gasteiger partial charge in [0.05, 0.1) is 19.8 Å². The zero-order valence-corrected chi connectivity index (χ0v) is 23.4. The lowest BCUT2D eigenvalue weighted by Gasteiger charge is -2.38. The lowest BCUT2D eigenvalue weighted by atomic mass is 9.92. The molecule has 1 saturated heterocycles. The van der Waals surface area contributed by atoms with E-state index in [1.807, 2.05) is 25.1 Å². The molecule has 41 heavy (non-hydrogen) atoms. The number of pyridine rings is 1. The number of nitrogens with zero attached hydrogens (tertiary/aromatic N) is 2. The summed E-state index contributed by atoms with van der Waals surface area (Å²) in [5, 5.41) is 5.78. The second-order valence-electron chi connectivity index (χ2n) is 10.6. The van der Waals surface area contributed by atoms with Crippen LogP contribution in [-0.2, 0) is 6.54 Å². The highest BCUT2D eigenvalue weighted by atomic mass is 19.1. The molecule has 2 aliphatic rings. The van der Waals surface area contributed by atoms with Crippen molar-refractivity contribution in [2.24, 2.45) is 5.92 Å². The number of carbonyl (C=O) groups is 2. The number of hydrogen-bond acceptors (Lipinski definition) is 6. The van der Waals surface area contributed by atoms with Crippen LogP contribution in [0.5, 0.6) is 11.5 Å². The molecule has 1 saturated carbocycles. The number of nitrogens with one attached hydrogen (secondary N) is 2. The van der Waals surface area contributed by atoms with E-state index >= 15 is 0 Å². The number of ether oxygens (including phenoxy) is 2. The molecule has 216 valence electrons. The van der Waals surface area contributed by atoms with E-state index in [2.05, 4.69) is 20.5 Å². The normalized spacial score (nSPS) is 19.8. The van der Waals surface area contributed by atoms with Crippen LogP contribution in [0.3, 0.4) is 0 Å². The molecule has 3 unspecified atom stereocenters. The van der Waals surface area contributed by atoms with Gasteiger partial charge in [0.2, 0.25) is 0 Å². The van der Waals surface area contributed by atoms with E-state index in [0.29, 0.717) is 22.8 Å². The molecule has 1 aliphatic heterocycles. The van der Waals surface area contributed by atoms with Crippen LogP contribution in [0, 0.1) is 24.5 Å². The summed E-state index contributed by atoms with van der Waals surface area (Å²) in [6, 6.07) is 11.4. The molecular weight excluding hydrogens is 530 g/mol. The van der Waals surface area contributed by atoms with Gasteiger partial charge in [-0.15, -0.1) is 0 Å². The number of methoxy groups -OCH3 is 2. The van der Waals surface area contributed by atoms with Gasteiger partial charge in [-0.2, -0.15) is 0 Å². The number of anilines is 1. The molecular formula is C31H34F2N4O4. The van der Waals surface area contributed by atoms with Crippen molar-refractivity contribution in [3.8, 4) is 11.5 Å². The number of fused-ring (bicyclic) bond motifs is 1. The molecule has 3 aromatic rings. The van der Waals surface area contributed by atoms with Crippen LogP contribution < -0.4 is 25.0 Å². The Kier molecular flexibility index (Phi) is 8.37. The van der Waals surface area contributed by atoms with Gasteiger partial charge in [-0.05, 0) is 62.8 Å². The Morgan fingerprint density at radius 3 is 2.51 bits per heavy atom. The van der Waals surface area contributed by atoms with Crippen LogP contribution in [0.15, 0.2) is 48.7 Å². The molecule has 1 aromatic heterocycles. The average Bonchev–Trinajstić information content (AvgIpc) is 3.39. The molecule has 0 bridgehead atoms. The number of rotatable bonds is 8. The summed E-state index contributed by atoms with van der Waals surface area (Å²) in [4.78, 5) is 32.6. The molecule has 8 nitrogen and oxygen atoms in total. The third-order valence-corrected chi connectivity index (χ3v) is 8.20. The zero-order valence-electron chi connectivity index (χ0n) is 23.4. The largest absolute Gasteiger partial charge is 0.497 e. The van der Waals surface area contributed by atoms with Gasteiger partial charge < -0.3 is 25.0 Å². The minimum atomic E-state index is -0.792. The molecule has 0 radical (unpaired) electrons. The highest BCUT2D eigenvalue weighted by Crippen LogP contribution is 2.39. The fraction of sp³-hybridized carbons (Fsp3) is 0.387. The fourth-order valence-corrected chi connectivity index (χ4v) is 6.06. The first-order valence-corrected chi connectivity index (χ1v) is 13.8.